The molecule has 0 saturated heterocycles. The molecule has 2 aliphatic rings. The van der Waals surface area contributed by atoms with Gasteiger partial charge in [0, 0.05) is 6.54 Å². The first kappa shape index (κ1) is 10.2. The van der Waals surface area contributed by atoms with Crippen molar-refractivity contribution in [2.45, 2.75) is 25.4 Å². The average molecular weight is 241 g/mol. The van der Waals surface area contributed by atoms with Crippen LogP contribution in [0.15, 0.2) is 12.1 Å². The van der Waals surface area contributed by atoms with Gasteiger partial charge in [0.05, 0.1) is 17.3 Å². The summed E-state index contributed by atoms with van der Waals surface area (Å²) in [6.07, 6.45) is 2.01. The number of anilines is 2. The first-order chi connectivity index (χ1) is 7.64. The second-order valence-electron chi connectivity index (χ2n) is 4.75. The fraction of sp³-hybridized carbons (Fsp3) is 0.500. The van der Waals surface area contributed by atoms with Crippen LogP contribution in [0.3, 0.4) is 0 Å². The van der Waals surface area contributed by atoms with Crippen LogP contribution in [0, 0.1) is 5.82 Å². The van der Waals surface area contributed by atoms with E-state index in [1.807, 2.05) is 0 Å². The van der Waals surface area contributed by atoms with E-state index in [4.69, 9.17) is 11.6 Å². The Labute approximate surface area is 99.4 Å². The summed E-state index contributed by atoms with van der Waals surface area (Å²) in [6, 6.07) is 3.21. The maximum Gasteiger partial charge on any atom is 0.125 e. The lowest BCUT2D eigenvalue weighted by Gasteiger charge is -2.38. The van der Waals surface area contributed by atoms with E-state index in [2.05, 4.69) is 17.1 Å². The number of rotatable bonds is 1. The highest BCUT2D eigenvalue weighted by Gasteiger charge is 2.41. The number of nitrogens with zero attached hydrogens (tertiary/aromatic N) is 1. The number of halogens is 2. The molecule has 1 aromatic rings. The summed E-state index contributed by atoms with van der Waals surface area (Å²) in [5.74, 6) is 0.324. The second-order valence-corrected chi connectivity index (χ2v) is 5.02. The van der Waals surface area contributed by atoms with Crippen molar-refractivity contribution in [1.82, 2.24) is 0 Å². The number of benzene rings is 1. The summed E-state index contributed by atoms with van der Waals surface area (Å²) in [5.41, 5.74) is 2.86. The normalized spacial score (nSPS) is 26.6. The van der Waals surface area contributed by atoms with Gasteiger partial charge in [-0.15, -0.1) is 11.6 Å². The number of hydrogen-bond donors (Lipinski definition) is 1. The Morgan fingerprint density at radius 2 is 2.38 bits per heavy atom. The highest BCUT2D eigenvalue weighted by atomic mass is 35.5. The summed E-state index contributed by atoms with van der Waals surface area (Å²) < 4.78 is 13.4. The van der Waals surface area contributed by atoms with Gasteiger partial charge in [-0.05, 0) is 37.5 Å². The van der Waals surface area contributed by atoms with Crippen LogP contribution in [-0.2, 0) is 6.42 Å². The third-order valence-corrected chi connectivity index (χ3v) is 4.03. The van der Waals surface area contributed by atoms with Gasteiger partial charge in [0.25, 0.3) is 0 Å². The zero-order valence-corrected chi connectivity index (χ0v) is 9.94. The molecule has 0 amide bonds. The Morgan fingerprint density at radius 1 is 1.56 bits per heavy atom. The third-order valence-electron chi connectivity index (χ3n) is 3.51. The zero-order chi connectivity index (χ0) is 11.3. The number of nitrogens with one attached hydrogen (secondary N) is 1. The van der Waals surface area contributed by atoms with Crippen LogP contribution in [0.1, 0.15) is 18.9 Å². The van der Waals surface area contributed by atoms with Gasteiger partial charge in [0.1, 0.15) is 11.5 Å². The van der Waals surface area contributed by atoms with Gasteiger partial charge >= 0.3 is 0 Å². The van der Waals surface area contributed by atoms with E-state index < -0.39 is 0 Å². The van der Waals surface area contributed by atoms with Crippen molar-refractivity contribution in [2.75, 3.05) is 22.6 Å². The molecule has 0 aliphatic carbocycles. The molecule has 0 aromatic heterocycles. The molecule has 1 unspecified atom stereocenters. The van der Waals surface area contributed by atoms with Crippen molar-refractivity contribution in [1.29, 1.82) is 0 Å². The SMILES string of the molecule is CC1(CCl)Nc2cc(F)cc3c2N1CCC3. The van der Waals surface area contributed by atoms with E-state index in [1.165, 1.54) is 0 Å². The summed E-state index contributed by atoms with van der Waals surface area (Å²) in [6.45, 7) is 3.05. The van der Waals surface area contributed by atoms with Crippen molar-refractivity contribution in [3.05, 3.63) is 23.5 Å². The topological polar surface area (TPSA) is 15.3 Å². The fourth-order valence-corrected chi connectivity index (χ4v) is 2.97. The summed E-state index contributed by atoms with van der Waals surface area (Å²) in [7, 11) is 0. The van der Waals surface area contributed by atoms with Crippen LogP contribution in [0.25, 0.3) is 0 Å². The molecule has 0 spiro atoms. The van der Waals surface area contributed by atoms with Crippen molar-refractivity contribution < 1.29 is 4.39 Å². The van der Waals surface area contributed by atoms with Gasteiger partial charge in [-0.1, -0.05) is 0 Å². The quantitative estimate of drug-likeness (QED) is 0.760. The maximum absolute atomic E-state index is 13.4. The first-order valence-electron chi connectivity index (χ1n) is 5.58. The molecule has 0 saturated carbocycles. The molecule has 4 heteroatoms. The van der Waals surface area contributed by atoms with Crippen LogP contribution in [0.2, 0.25) is 0 Å². The molecule has 1 N–H and O–H groups in total. The average Bonchev–Trinajstić information content (AvgIpc) is 2.54. The van der Waals surface area contributed by atoms with Crippen LogP contribution in [0.4, 0.5) is 15.8 Å². The molecule has 2 heterocycles. The van der Waals surface area contributed by atoms with Crippen molar-refractivity contribution in [2.24, 2.45) is 0 Å². The van der Waals surface area contributed by atoms with Gasteiger partial charge in [0.15, 0.2) is 0 Å². The Bertz CT molecular complexity index is 449. The van der Waals surface area contributed by atoms with Crippen molar-refractivity contribution in [3.63, 3.8) is 0 Å². The Kier molecular flexibility index (Phi) is 2.08. The Hall–Kier alpha value is -0.960. The molecular weight excluding hydrogens is 227 g/mol. The second kappa shape index (κ2) is 3.27. The molecular formula is C12H14ClFN2. The third kappa shape index (κ3) is 1.24. The molecule has 2 aliphatic heterocycles. The number of hydrogen-bond acceptors (Lipinski definition) is 2. The molecule has 0 bridgehead atoms. The summed E-state index contributed by atoms with van der Waals surface area (Å²) >= 11 is 6.03. The summed E-state index contributed by atoms with van der Waals surface area (Å²) in [5, 5.41) is 3.34. The number of alkyl halides is 1. The lowest BCUT2D eigenvalue weighted by molar-refractivity contribution is 0.524. The van der Waals surface area contributed by atoms with Gasteiger partial charge in [-0.25, -0.2) is 4.39 Å². The van der Waals surface area contributed by atoms with Crippen LogP contribution < -0.4 is 10.2 Å². The molecule has 0 radical (unpaired) electrons. The van der Waals surface area contributed by atoms with E-state index in [9.17, 15) is 4.39 Å². The predicted octanol–water partition coefficient (Wildman–Crippen LogP) is 2.96. The highest BCUT2D eigenvalue weighted by molar-refractivity contribution is 6.19. The van der Waals surface area contributed by atoms with Crippen molar-refractivity contribution in [3.8, 4) is 0 Å². The minimum Gasteiger partial charge on any atom is -0.360 e. The van der Waals surface area contributed by atoms with E-state index in [1.54, 1.807) is 12.1 Å². The van der Waals surface area contributed by atoms with E-state index in [0.717, 1.165) is 36.3 Å². The van der Waals surface area contributed by atoms with Crippen LogP contribution in [0.5, 0.6) is 0 Å². The Balaban J connectivity index is 2.18. The van der Waals surface area contributed by atoms with Gasteiger partial charge in [0.2, 0.25) is 0 Å². The molecule has 86 valence electrons. The van der Waals surface area contributed by atoms with Crippen LogP contribution in [-0.4, -0.2) is 18.1 Å². The zero-order valence-electron chi connectivity index (χ0n) is 9.19. The first-order valence-corrected chi connectivity index (χ1v) is 6.12. The number of aryl methyl sites for hydroxylation is 1. The van der Waals surface area contributed by atoms with E-state index in [0.29, 0.717) is 5.88 Å². The lowest BCUT2D eigenvalue weighted by atomic mass is 10.0. The molecule has 16 heavy (non-hydrogen) atoms. The largest absolute Gasteiger partial charge is 0.360 e. The molecule has 1 aromatic carbocycles. The molecule has 1 atom stereocenters. The van der Waals surface area contributed by atoms with Crippen LogP contribution >= 0.6 is 11.6 Å². The standard InChI is InChI=1S/C12H14ClFN2/c1-12(7-13)15-10-6-9(14)5-8-3-2-4-16(12)11(8)10/h5-6,15H,2-4,7H2,1H3. The monoisotopic (exact) mass is 240 g/mol. The van der Waals surface area contributed by atoms with Gasteiger partial charge in [-0.3, -0.25) is 0 Å². The summed E-state index contributed by atoms with van der Waals surface area (Å²) in [4.78, 5) is 2.27. The lowest BCUT2D eigenvalue weighted by Crippen LogP contribution is -2.51. The molecule has 3 rings (SSSR count). The Morgan fingerprint density at radius 3 is 3.12 bits per heavy atom. The fourth-order valence-electron chi connectivity index (χ4n) is 2.76. The smallest absolute Gasteiger partial charge is 0.125 e. The minimum absolute atomic E-state index is 0.165. The van der Waals surface area contributed by atoms with Gasteiger partial charge in [-0.2, -0.15) is 0 Å². The highest BCUT2D eigenvalue weighted by Crippen LogP contribution is 2.45. The van der Waals surface area contributed by atoms with E-state index in [-0.39, 0.29) is 11.5 Å². The van der Waals surface area contributed by atoms with Crippen molar-refractivity contribution >= 4 is 23.0 Å². The minimum atomic E-state index is -0.271. The molecule has 0 fully saturated rings. The maximum atomic E-state index is 13.4. The van der Waals surface area contributed by atoms with E-state index >= 15 is 0 Å². The molecule has 2 nitrogen and oxygen atoms in total. The predicted molar refractivity (Wildman–Crippen MR) is 64.8 cm³/mol. The van der Waals surface area contributed by atoms with Gasteiger partial charge < -0.3 is 10.2 Å².